The van der Waals surface area contributed by atoms with Gasteiger partial charge in [0.2, 0.25) is 0 Å². The average molecular weight is 385 g/mol. The van der Waals surface area contributed by atoms with Crippen molar-refractivity contribution in [1.29, 1.82) is 0 Å². The lowest BCUT2D eigenvalue weighted by Gasteiger charge is -2.31. The maximum absolute atomic E-state index is 11.4. The van der Waals surface area contributed by atoms with Gasteiger partial charge in [0.1, 0.15) is 6.04 Å². The molecule has 17 heavy (non-hydrogen) atoms. The van der Waals surface area contributed by atoms with E-state index in [1.165, 1.54) is 11.3 Å². The first-order valence-electron chi connectivity index (χ1n) is 5.09. The number of thiophene rings is 1. The number of carboxylic acid groups (broad SMARTS) is 1. The smallest absolute Gasteiger partial charge is 0.326 e. The number of nitrogens with zero attached hydrogens (tertiary/aromatic N) is 1. The molecule has 2 heterocycles. The van der Waals surface area contributed by atoms with Gasteiger partial charge >= 0.3 is 5.97 Å². The maximum atomic E-state index is 11.4. The Morgan fingerprint density at radius 3 is 2.59 bits per heavy atom. The van der Waals surface area contributed by atoms with Crippen LogP contribution in [0, 0.1) is 0 Å². The van der Waals surface area contributed by atoms with Gasteiger partial charge in [-0.25, -0.2) is 0 Å². The second-order valence-electron chi connectivity index (χ2n) is 3.66. The van der Waals surface area contributed by atoms with Crippen molar-refractivity contribution in [2.75, 3.05) is 26.3 Å². The molecular weight excluding hydrogens is 374 g/mol. The van der Waals surface area contributed by atoms with E-state index < -0.39 is 12.0 Å². The van der Waals surface area contributed by atoms with Crippen LogP contribution in [0.15, 0.2) is 14.3 Å². The van der Waals surface area contributed by atoms with Crippen LogP contribution in [0.1, 0.15) is 10.9 Å². The van der Waals surface area contributed by atoms with Crippen molar-refractivity contribution in [1.82, 2.24) is 4.90 Å². The first-order chi connectivity index (χ1) is 8.09. The number of carbonyl (C=O) groups is 1. The number of hydrogen-bond acceptors (Lipinski definition) is 4. The predicted octanol–water partition coefficient (Wildman–Crippen LogP) is 2.73. The minimum absolute atomic E-state index is 0.577. The second kappa shape index (κ2) is 5.79. The van der Waals surface area contributed by atoms with Crippen LogP contribution < -0.4 is 0 Å². The molecule has 1 aromatic heterocycles. The van der Waals surface area contributed by atoms with Gasteiger partial charge in [-0.2, -0.15) is 0 Å². The standard InChI is InChI=1S/C10H11Br2NO3S/c11-6-5-7(17-9(6)12)8(10(14)15)13-1-3-16-4-2-13/h5,8H,1-4H2,(H,14,15). The molecule has 0 saturated carbocycles. The first-order valence-corrected chi connectivity index (χ1v) is 7.49. The molecule has 0 spiro atoms. The van der Waals surface area contributed by atoms with Crippen LogP contribution in [-0.4, -0.2) is 42.3 Å². The summed E-state index contributed by atoms with van der Waals surface area (Å²) in [6, 6.07) is 1.29. The molecule has 1 saturated heterocycles. The molecule has 0 amide bonds. The SMILES string of the molecule is O=C(O)C(c1cc(Br)c(Br)s1)N1CCOCC1. The van der Waals surface area contributed by atoms with Crippen LogP contribution in [0.3, 0.4) is 0 Å². The van der Waals surface area contributed by atoms with Gasteiger partial charge < -0.3 is 9.84 Å². The van der Waals surface area contributed by atoms with Gasteiger partial charge in [-0.15, -0.1) is 11.3 Å². The summed E-state index contributed by atoms with van der Waals surface area (Å²) >= 11 is 8.23. The van der Waals surface area contributed by atoms with Crippen LogP contribution in [0.25, 0.3) is 0 Å². The maximum Gasteiger partial charge on any atom is 0.326 e. The van der Waals surface area contributed by atoms with Gasteiger partial charge in [-0.1, -0.05) is 0 Å². The highest BCUT2D eigenvalue weighted by atomic mass is 79.9. The number of ether oxygens (including phenoxy) is 1. The van der Waals surface area contributed by atoms with Crippen molar-refractivity contribution in [2.24, 2.45) is 0 Å². The molecule has 2 rings (SSSR count). The third-order valence-corrected chi connectivity index (χ3v) is 5.89. The fourth-order valence-electron chi connectivity index (χ4n) is 1.79. The second-order valence-corrected chi connectivity index (χ2v) is 6.92. The molecule has 1 aliphatic heterocycles. The Kier molecular flexibility index (Phi) is 4.59. The molecule has 94 valence electrons. The highest BCUT2D eigenvalue weighted by molar-refractivity contribution is 9.13. The Labute approximate surface area is 120 Å². The van der Waals surface area contributed by atoms with Crippen LogP contribution in [0.5, 0.6) is 0 Å². The number of rotatable bonds is 3. The largest absolute Gasteiger partial charge is 0.480 e. The zero-order valence-corrected chi connectivity index (χ0v) is 12.8. The summed E-state index contributed by atoms with van der Waals surface area (Å²) in [5.41, 5.74) is 0. The number of hydrogen-bond donors (Lipinski definition) is 1. The number of carboxylic acids is 1. The summed E-state index contributed by atoms with van der Waals surface area (Å²) < 4.78 is 7.07. The minimum atomic E-state index is -0.812. The van der Waals surface area contributed by atoms with Crippen molar-refractivity contribution >= 4 is 49.2 Å². The zero-order valence-electron chi connectivity index (χ0n) is 8.86. The minimum Gasteiger partial charge on any atom is -0.480 e. The van der Waals surface area contributed by atoms with E-state index in [2.05, 4.69) is 31.9 Å². The van der Waals surface area contributed by atoms with E-state index >= 15 is 0 Å². The molecule has 0 aromatic carbocycles. The fraction of sp³-hybridized carbons (Fsp3) is 0.500. The third-order valence-electron chi connectivity index (χ3n) is 2.58. The van der Waals surface area contributed by atoms with Gasteiger partial charge in [-0.3, -0.25) is 9.69 Å². The topological polar surface area (TPSA) is 49.8 Å². The number of halogens is 2. The van der Waals surface area contributed by atoms with E-state index in [0.29, 0.717) is 26.3 Å². The van der Waals surface area contributed by atoms with E-state index in [1.807, 2.05) is 11.0 Å². The van der Waals surface area contributed by atoms with Crippen molar-refractivity contribution in [2.45, 2.75) is 6.04 Å². The summed E-state index contributed by atoms with van der Waals surface area (Å²) in [7, 11) is 0. The predicted molar refractivity (Wildman–Crippen MR) is 72.5 cm³/mol. The van der Waals surface area contributed by atoms with E-state index in [9.17, 15) is 9.90 Å². The van der Waals surface area contributed by atoms with E-state index in [4.69, 9.17) is 4.74 Å². The summed E-state index contributed by atoms with van der Waals surface area (Å²) in [6.45, 7) is 2.50. The molecule has 0 bridgehead atoms. The monoisotopic (exact) mass is 383 g/mol. The molecule has 1 N–H and O–H groups in total. The lowest BCUT2D eigenvalue weighted by molar-refractivity contribution is -0.145. The normalized spacial score (nSPS) is 19.2. The number of morpholine rings is 1. The number of aliphatic carboxylic acids is 1. The summed E-state index contributed by atoms with van der Waals surface area (Å²) in [5, 5.41) is 9.37. The Morgan fingerprint density at radius 1 is 1.47 bits per heavy atom. The van der Waals surface area contributed by atoms with Crippen LogP contribution in [0.2, 0.25) is 0 Å². The molecule has 1 fully saturated rings. The molecular formula is C10H11Br2NO3S. The highest BCUT2D eigenvalue weighted by Crippen LogP contribution is 2.37. The van der Waals surface area contributed by atoms with Crippen molar-refractivity contribution in [3.63, 3.8) is 0 Å². The summed E-state index contributed by atoms with van der Waals surface area (Å²) in [4.78, 5) is 14.2. The lowest BCUT2D eigenvalue weighted by Crippen LogP contribution is -2.41. The molecule has 1 atom stereocenters. The first kappa shape index (κ1) is 13.5. The van der Waals surface area contributed by atoms with Crippen molar-refractivity contribution in [3.8, 4) is 0 Å². The van der Waals surface area contributed by atoms with Crippen molar-refractivity contribution in [3.05, 3.63) is 19.2 Å². The Morgan fingerprint density at radius 2 is 2.12 bits per heavy atom. The molecule has 1 aliphatic rings. The van der Waals surface area contributed by atoms with Crippen LogP contribution in [-0.2, 0) is 9.53 Å². The van der Waals surface area contributed by atoms with Crippen LogP contribution in [0.4, 0.5) is 0 Å². The van der Waals surface area contributed by atoms with Crippen LogP contribution >= 0.6 is 43.2 Å². The lowest BCUT2D eigenvalue weighted by atomic mass is 10.2. The van der Waals surface area contributed by atoms with Gasteiger partial charge in [0.05, 0.1) is 17.0 Å². The third kappa shape index (κ3) is 3.08. The van der Waals surface area contributed by atoms with Gasteiger partial charge in [0.25, 0.3) is 0 Å². The Hall–Kier alpha value is 0.0500. The summed E-state index contributed by atoms with van der Waals surface area (Å²) in [6.07, 6.45) is 0. The summed E-state index contributed by atoms with van der Waals surface area (Å²) in [5.74, 6) is -0.812. The highest BCUT2D eigenvalue weighted by Gasteiger charge is 2.30. The molecule has 0 radical (unpaired) electrons. The Bertz CT molecular complexity index is 398. The molecule has 1 aromatic rings. The average Bonchev–Trinajstić information content (AvgIpc) is 2.60. The van der Waals surface area contributed by atoms with Gasteiger partial charge in [0, 0.05) is 22.4 Å². The van der Waals surface area contributed by atoms with Gasteiger partial charge in [0.15, 0.2) is 0 Å². The quantitative estimate of drug-likeness (QED) is 0.870. The molecule has 4 nitrogen and oxygen atoms in total. The fourth-order valence-corrected chi connectivity index (χ4v) is 4.01. The van der Waals surface area contributed by atoms with Gasteiger partial charge in [-0.05, 0) is 37.9 Å². The molecule has 0 aliphatic carbocycles. The zero-order chi connectivity index (χ0) is 12.4. The molecule has 1 unspecified atom stereocenters. The van der Waals surface area contributed by atoms with Crippen molar-refractivity contribution < 1.29 is 14.6 Å². The Balaban J connectivity index is 2.24. The van der Waals surface area contributed by atoms with E-state index in [0.717, 1.165) is 13.1 Å². The molecule has 7 heteroatoms. The van der Waals surface area contributed by atoms with E-state index in [1.54, 1.807) is 0 Å². The van der Waals surface area contributed by atoms with E-state index in [-0.39, 0.29) is 0 Å².